The number of thioether (sulfide) groups is 2. The molecule has 1 aromatic carbocycles. The summed E-state index contributed by atoms with van der Waals surface area (Å²) in [5.74, 6) is 3.38. The Morgan fingerprint density at radius 3 is 2.57 bits per heavy atom. The summed E-state index contributed by atoms with van der Waals surface area (Å²) in [6.45, 7) is 0. The highest BCUT2D eigenvalue weighted by atomic mass is 32.2. The molecular formula is C19H21NOS2. The topological polar surface area (TPSA) is 20.3 Å². The SMILES string of the molecule is O=C1c2ccccc2C2=CC3(SCCCS3)C3CCCC[C@H]3N12. The smallest absolute Gasteiger partial charge is 0.259 e. The maximum Gasteiger partial charge on any atom is 0.259 e. The van der Waals surface area contributed by atoms with E-state index in [4.69, 9.17) is 0 Å². The standard InChI is InChI=1S/C19H21NOS2/c21-18-14-7-2-1-6-13(14)17-12-19(22-10-5-11-23-19)15-8-3-4-9-16(15)20(17)18/h1-2,6-7,12,15-16H,3-5,8-11H2/t15?,16-/m1/s1. The molecule has 1 aromatic rings. The average Bonchev–Trinajstić information content (AvgIpc) is 2.89. The normalized spacial score (nSPS) is 31.4. The lowest BCUT2D eigenvalue weighted by molar-refractivity contribution is 0.0694. The van der Waals surface area contributed by atoms with Gasteiger partial charge in [-0.25, -0.2) is 0 Å². The molecule has 0 N–H and O–H groups in total. The van der Waals surface area contributed by atoms with Gasteiger partial charge in [-0.15, -0.1) is 23.5 Å². The lowest BCUT2D eigenvalue weighted by Gasteiger charge is -2.52. The zero-order valence-corrected chi connectivity index (χ0v) is 14.8. The van der Waals surface area contributed by atoms with E-state index in [0.29, 0.717) is 12.0 Å². The van der Waals surface area contributed by atoms with Crippen LogP contribution in [-0.4, -0.2) is 32.4 Å². The first-order chi connectivity index (χ1) is 11.3. The molecule has 1 saturated heterocycles. The molecule has 2 atom stereocenters. The molecule has 23 heavy (non-hydrogen) atoms. The molecule has 0 aromatic heterocycles. The molecule has 1 unspecified atom stereocenters. The zero-order valence-electron chi connectivity index (χ0n) is 13.2. The quantitative estimate of drug-likeness (QED) is 0.685. The zero-order chi connectivity index (χ0) is 15.4. The summed E-state index contributed by atoms with van der Waals surface area (Å²) in [4.78, 5) is 15.2. The molecule has 0 radical (unpaired) electrons. The highest BCUT2D eigenvalue weighted by Crippen LogP contribution is 2.59. The fraction of sp³-hybridized carbons (Fsp3) is 0.526. The minimum absolute atomic E-state index is 0.201. The van der Waals surface area contributed by atoms with Crippen LogP contribution in [0.15, 0.2) is 30.3 Å². The number of carbonyl (C=O) groups excluding carboxylic acids is 1. The molecule has 1 spiro atoms. The van der Waals surface area contributed by atoms with Crippen molar-refractivity contribution < 1.29 is 4.79 Å². The van der Waals surface area contributed by atoms with Crippen molar-refractivity contribution in [3.05, 3.63) is 41.5 Å². The van der Waals surface area contributed by atoms with Crippen molar-refractivity contribution in [2.75, 3.05) is 11.5 Å². The molecule has 3 heterocycles. The van der Waals surface area contributed by atoms with Gasteiger partial charge >= 0.3 is 0 Å². The predicted octanol–water partition coefficient (Wildman–Crippen LogP) is 4.62. The van der Waals surface area contributed by atoms with Gasteiger partial charge in [-0.1, -0.05) is 31.0 Å². The van der Waals surface area contributed by atoms with Gasteiger partial charge in [0.2, 0.25) is 0 Å². The van der Waals surface area contributed by atoms with Gasteiger partial charge in [0.05, 0.1) is 9.78 Å². The molecular weight excluding hydrogens is 322 g/mol. The first kappa shape index (κ1) is 14.5. The third-order valence-corrected chi connectivity index (χ3v) is 9.21. The van der Waals surface area contributed by atoms with E-state index in [1.165, 1.54) is 49.3 Å². The minimum Gasteiger partial charge on any atom is -0.305 e. The average molecular weight is 344 g/mol. The Hall–Kier alpha value is -0.870. The van der Waals surface area contributed by atoms with Gasteiger partial charge in [0.15, 0.2) is 0 Å². The van der Waals surface area contributed by atoms with Crippen LogP contribution >= 0.6 is 23.5 Å². The van der Waals surface area contributed by atoms with Crippen molar-refractivity contribution in [3.63, 3.8) is 0 Å². The third kappa shape index (κ3) is 2.00. The van der Waals surface area contributed by atoms with Crippen LogP contribution in [0.25, 0.3) is 5.70 Å². The van der Waals surface area contributed by atoms with Crippen molar-refractivity contribution in [2.45, 2.75) is 42.2 Å². The van der Waals surface area contributed by atoms with E-state index in [9.17, 15) is 4.79 Å². The number of hydrogen-bond acceptors (Lipinski definition) is 3. The van der Waals surface area contributed by atoms with E-state index in [1.54, 1.807) is 0 Å². The van der Waals surface area contributed by atoms with Crippen molar-refractivity contribution >= 4 is 35.1 Å². The van der Waals surface area contributed by atoms with Crippen molar-refractivity contribution in [1.82, 2.24) is 4.90 Å². The number of carbonyl (C=O) groups is 1. The van der Waals surface area contributed by atoms with Crippen LogP contribution in [-0.2, 0) is 0 Å². The lowest BCUT2D eigenvalue weighted by Crippen LogP contribution is -2.53. The Balaban J connectivity index is 1.69. The summed E-state index contributed by atoms with van der Waals surface area (Å²) in [7, 11) is 0. The molecule has 1 amide bonds. The second-order valence-corrected chi connectivity index (χ2v) is 9.98. The van der Waals surface area contributed by atoms with Crippen LogP contribution in [0.3, 0.4) is 0 Å². The number of rotatable bonds is 0. The van der Waals surface area contributed by atoms with Crippen LogP contribution in [0, 0.1) is 5.92 Å². The van der Waals surface area contributed by atoms with Gasteiger partial charge < -0.3 is 4.90 Å². The highest BCUT2D eigenvalue weighted by molar-refractivity contribution is 8.19. The fourth-order valence-electron chi connectivity index (χ4n) is 4.79. The van der Waals surface area contributed by atoms with Gasteiger partial charge in [-0.2, -0.15) is 0 Å². The lowest BCUT2D eigenvalue weighted by atomic mass is 9.78. The van der Waals surface area contributed by atoms with Gasteiger partial charge in [0.1, 0.15) is 0 Å². The summed E-state index contributed by atoms with van der Waals surface area (Å²) in [5, 5.41) is 0. The maximum absolute atomic E-state index is 13.0. The Morgan fingerprint density at radius 2 is 1.74 bits per heavy atom. The van der Waals surface area contributed by atoms with E-state index in [0.717, 1.165) is 11.1 Å². The predicted molar refractivity (Wildman–Crippen MR) is 98.6 cm³/mol. The van der Waals surface area contributed by atoms with Gasteiger partial charge in [-0.3, -0.25) is 4.79 Å². The van der Waals surface area contributed by atoms with E-state index in [-0.39, 0.29) is 9.99 Å². The molecule has 1 aliphatic carbocycles. The Kier molecular flexibility index (Phi) is 3.35. The summed E-state index contributed by atoms with van der Waals surface area (Å²) < 4.78 is 0.201. The largest absolute Gasteiger partial charge is 0.305 e. The van der Waals surface area contributed by atoms with Crippen molar-refractivity contribution in [3.8, 4) is 0 Å². The first-order valence-electron chi connectivity index (χ1n) is 8.74. The first-order valence-corrected chi connectivity index (χ1v) is 10.7. The highest BCUT2D eigenvalue weighted by Gasteiger charge is 2.53. The van der Waals surface area contributed by atoms with Crippen LogP contribution in [0.1, 0.15) is 48.0 Å². The van der Waals surface area contributed by atoms with Crippen LogP contribution in [0.5, 0.6) is 0 Å². The number of nitrogens with zero attached hydrogens (tertiary/aromatic N) is 1. The molecule has 2 nitrogen and oxygen atoms in total. The van der Waals surface area contributed by atoms with Crippen LogP contribution in [0.4, 0.5) is 0 Å². The Bertz CT molecular complexity index is 692. The van der Waals surface area contributed by atoms with Gasteiger partial charge in [-0.05, 0) is 42.9 Å². The Labute approximate surface area is 146 Å². The second-order valence-electron chi connectivity index (χ2n) is 6.98. The number of amides is 1. The molecule has 4 heteroatoms. The van der Waals surface area contributed by atoms with E-state index < -0.39 is 0 Å². The van der Waals surface area contributed by atoms with Crippen molar-refractivity contribution in [1.29, 1.82) is 0 Å². The fourth-order valence-corrected chi connectivity index (χ4v) is 8.39. The third-order valence-electron chi connectivity index (χ3n) is 5.77. The monoisotopic (exact) mass is 343 g/mol. The molecule has 0 bridgehead atoms. The summed E-state index contributed by atoms with van der Waals surface area (Å²) >= 11 is 4.29. The van der Waals surface area contributed by atoms with E-state index in [2.05, 4.69) is 46.6 Å². The van der Waals surface area contributed by atoms with E-state index in [1.807, 2.05) is 12.1 Å². The maximum atomic E-state index is 13.0. The number of fused-ring (bicyclic) bond motifs is 6. The molecule has 1 saturated carbocycles. The summed E-state index contributed by atoms with van der Waals surface area (Å²) in [6, 6.07) is 8.60. The number of hydrogen-bond donors (Lipinski definition) is 0. The summed E-state index contributed by atoms with van der Waals surface area (Å²) in [5.41, 5.74) is 3.27. The van der Waals surface area contributed by atoms with Crippen LogP contribution < -0.4 is 0 Å². The van der Waals surface area contributed by atoms with Gasteiger partial charge in [0.25, 0.3) is 5.91 Å². The summed E-state index contributed by atoms with van der Waals surface area (Å²) in [6.07, 6.45) is 8.82. The molecule has 5 rings (SSSR count). The Morgan fingerprint density at radius 1 is 1.00 bits per heavy atom. The van der Waals surface area contributed by atoms with Crippen LogP contribution in [0.2, 0.25) is 0 Å². The van der Waals surface area contributed by atoms with E-state index >= 15 is 0 Å². The minimum atomic E-state index is 0.201. The number of benzene rings is 1. The van der Waals surface area contributed by atoms with Crippen molar-refractivity contribution in [2.24, 2.45) is 5.92 Å². The molecule has 2 fully saturated rings. The van der Waals surface area contributed by atoms with Gasteiger partial charge in [0, 0.05) is 23.1 Å². The second kappa shape index (κ2) is 5.32. The molecule has 3 aliphatic heterocycles. The molecule has 120 valence electrons. The molecule has 4 aliphatic rings.